The monoisotopic (exact) mass is 318 g/mol. The maximum atomic E-state index is 11.9. The van der Waals surface area contributed by atoms with Gasteiger partial charge in [-0.1, -0.05) is 28.1 Å². The van der Waals surface area contributed by atoms with E-state index in [9.17, 15) is 4.79 Å². The number of carbonyl (C=O) groups excluding carboxylic acids is 1. The first-order valence-electron chi connectivity index (χ1n) is 5.94. The zero-order chi connectivity index (χ0) is 13.8. The number of nitrogen functional groups attached to an aromatic ring is 1. The Balaban J connectivity index is 2.05. The SMILES string of the molecule is Cc1cc(Br)cc(NC(=O)Cc2cccc(N)c2)c1. The Morgan fingerprint density at radius 3 is 2.74 bits per heavy atom. The topological polar surface area (TPSA) is 55.1 Å². The lowest BCUT2D eigenvalue weighted by molar-refractivity contribution is -0.115. The van der Waals surface area contributed by atoms with Gasteiger partial charge in [0.15, 0.2) is 0 Å². The molecule has 4 heteroatoms. The fraction of sp³-hybridized carbons (Fsp3) is 0.133. The summed E-state index contributed by atoms with van der Waals surface area (Å²) in [6.07, 6.45) is 0.316. The molecule has 0 radical (unpaired) electrons. The highest BCUT2D eigenvalue weighted by molar-refractivity contribution is 9.10. The fourth-order valence-electron chi connectivity index (χ4n) is 1.90. The first-order valence-corrected chi connectivity index (χ1v) is 6.74. The normalized spacial score (nSPS) is 10.2. The number of nitrogens with one attached hydrogen (secondary N) is 1. The summed E-state index contributed by atoms with van der Waals surface area (Å²) in [6.45, 7) is 1.98. The van der Waals surface area contributed by atoms with Crippen molar-refractivity contribution in [2.45, 2.75) is 13.3 Å². The third kappa shape index (κ3) is 4.10. The second kappa shape index (κ2) is 5.89. The lowest BCUT2D eigenvalue weighted by Gasteiger charge is -2.07. The van der Waals surface area contributed by atoms with Crippen molar-refractivity contribution < 1.29 is 4.79 Å². The van der Waals surface area contributed by atoms with E-state index in [4.69, 9.17) is 5.73 Å². The number of halogens is 1. The number of hydrogen-bond donors (Lipinski definition) is 2. The number of anilines is 2. The standard InChI is InChI=1S/C15H15BrN2O/c1-10-5-12(16)9-14(6-10)18-15(19)8-11-3-2-4-13(17)7-11/h2-7,9H,8,17H2,1H3,(H,18,19). The Morgan fingerprint density at radius 2 is 2.05 bits per heavy atom. The molecule has 0 heterocycles. The first kappa shape index (κ1) is 13.6. The van der Waals surface area contributed by atoms with Crippen LogP contribution in [-0.2, 0) is 11.2 Å². The maximum Gasteiger partial charge on any atom is 0.228 e. The van der Waals surface area contributed by atoms with E-state index in [1.165, 1.54) is 0 Å². The van der Waals surface area contributed by atoms with E-state index < -0.39 is 0 Å². The Morgan fingerprint density at radius 1 is 1.26 bits per heavy atom. The van der Waals surface area contributed by atoms with E-state index in [2.05, 4.69) is 21.2 Å². The minimum atomic E-state index is -0.0527. The van der Waals surface area contributed by atoms with Crippen molar-refractivity contribution in [3.8, 4) is 0 Å². The molecule has 3 N–H and O–H groups in total. The van der Waals surface area contributed by atoms with Crippen LogP contribution in [0, 0.1) is 6.92 Å². The third-order valence-corrected chi connectivity index (χ3v) is 3.10. The van der Waals surface area contributed by atoms with Gasteiger partial charge in [-0.05, 0) is 48.4 Å². The van der Waals surface area contributed by atoms with Crippen molar-refractivity contribution in [2.75, 3.05) is 11.1 Å². The van der Waals surface area contributed by atoms with Crippen LogP contribution in [0.4, 0.5) is 11.4 Å². The molecular formula is C15H15BrN2O. The van der Waals surface area contributed by atoms with Crippen LogP contribution in [0.2, 0.25) is 0 Å². The van der Waals surface area contributed by atoms with Gasteiger partial charge in [0, 0.05) is 15.8 Å². The molecule has 2 rings (SSSR count). The average Bonchev–Trinajstić information content (AvgIpc) is 2.26. The Hall–Kier alpha value is -1.81. The molecule has 0 bridgehead atoms. The predicted molar refractivity (Wildman–Crippen MR) is 82.1 cm³/mol. The van der Waals surface area contributed by atoms with Crippen LogP contribution in [0.15, 0.2) is 46.9 Å². The molecule has 2 aromatic rings. The summed E-state index contributed by atoms with van der Waals surface area (Å²) in [7, 11) is 0. The van der Waals surface area contributed by atoms with Crippen LogP contribution < -0.4 is 11.1 Å². The molecule has 0 atom stereocenters. The van der Waals surface area contributed by atoms with Gasteiger partial charge in [0.1, 0.15) is 0 Å². The Bertz CT molecular complexity index is 591. The van der Waals surface area contributed by atoms with Crippen LogP contribution in [0.25, 0.3) is 0 Å². The average molecular weight is 319 g/mol. The summed E-state index contributed by atoms with van der Waals surface area (Å²) in [6, 6.07) is 13.2. The Kier molecular flexibility index (Phi) is 4.22. The van der Waals surface area contributed by atoms with E-state index >= 15 is 0 Å². The molecule has 3 nitrogen and oxygen atoms in total. The molecular weight excluding hydrogens is 304 g/mol. The number of carbonyl (C=O) groups is 1. The zero-order valence-electron chi connectivity index (χ0n) is 10.6. The number of rotatable bonds is 3. The molecule has 1 amide bonds. The highest BCUT2D eigenvalue weighted by Crippen LogP contribution is 2.19. The highest BCUT2D eigenvalue weighted by atomic mass is 79.9. The summed E-state index contributed by atoms with van der Waals surface area (Å²) in [5.74, 6) is -0.0527. The number of nitrogens with two attached hydrogens (primary N) is 1. The lowest BCUT2D eigenvalue weighted by Crippen LogP contribution is -2.14. The van der Waals surface area contributed by atoms with Crippen molar-refractivity contribution in [3.05, 3.63) is 58.1 Å². The smallest absolute Gasteiger partial charge is 0.228 e. The molecule has 19 heavy (non-hydrogen) atoms. The van der Waals surface area contributed by atoms with E-state index in [0.29, 0.717) is 12.1 Å². The molecule has 0 saturated heterocycles. The summed E-state index contributed by atoms with van der Waals surface area (Å²) >= 11 is 3.41. The highest BCUT2D eigenvalue weighted by Gasteiger charge is 2.05. The van der Waals surface area contributed by atoms with E-state index in [0.717, 1.165) is 21.3 Å². The van der Waals surface area contributed by atoms with Crippen molar-refractivity contribution in [1.29, 1.82) is 0 Å². The molecule has 2 aromatic carbocycles. The van der Waals surface area contributed by atoms with Crippen LogP contribution >= 0.6 is 15.9 Å². The van der Waals surface area contributed by atoms with E-state index in [1.807, 2.05) is 43.3 Å². The predicted octanol–water partition coefficient (Wildman–Crippen LogP) is 3.52. The zero-order valence-corrected chi connectivity index (χ0v) is 12.2. The Labute approximate surface area is 121 Å². The summed E-state index contributed by atoms with van der Waals surface area (Å²) in [5.41, 5.74) is 9.15. The van der Waals surface area contributed by atoms with E-state index in [1.54, 1.807) is 6.07 Å². The van der Waals surface area contributed by atoms with Crippen LogP contribution in [0.1, 0.15) is 11.1 Å². The number of amides is 1. The molecule has 0 aliphatic carbocycles. The van der Waals surface area contributed by atoms with Crippen LogP contribution in [0.3, 0.4) is 0 Å². The molecule has 0 aromatic heterocycles. The lowest BCUT2D eigenvalue weighted by atomic mass is 10.1. The molecule has 0 fully saturated rings. The van der Waals surface area contributed by atoms with Crippen molar-refractivity contribution >= 4 is 33.2 Å². The minimum Gasteiger partial charge on any atom is -0.399 e. The molecule has 0 unspecified atom stereocenters. The molecule has 0 aliphatic rings. The van der Waals surface area contributed by atoms with Crippen molar-refractivity contribution in [2.24, 2.45) is 0 Å². The summed E-state index contributed by atoms with van der Waals surface area (Å²) in [5, 5.41) is 2.88. The molecule has 98 valence electrons. The molecule has 0 saturated carbocycles. The van der Waals surface area contributed by atoms with Gasteiger partial charge in [-0.2, -0.15) is 0 Å². The summed E-state index contributed by atoms with van der Waals surface area (Å²) in [4.78, 5) is 11.9. The van der Waals surface area contributed by atoms with Crippen LogP contribution in [0.5, 0.6) is 0 Å². The van der Waals surface area contributed by atoms with E-state index in [-0.39, 0.29) is 5.91 Å². The quantitative estimate of drug-likeness (QED) is 0.851. The van der Waals surface area contributed by atoms with Gasteiger partial charge in [-0.3, -0.25) is 4.79 Å². The van der Waals surface area contributed by atoms with Gasteiger partial charge < -0.3 is 11.1 Å². The van der Waals surface area contributed by atoms with Gasteiger partial charge in [-0.15, -0.1) is 0 Å². The van der Waals surface area contributed by atoms with Crippen molar-refractivity contribution in [1.82, 2.24) is 0 Å². The van der Waals surface area contributed by atoms with Crippen LogP contribution in [-0.4, -0.2) is 5.91 Å². The maximum absolute atomic E-state index is 11.9. The van der Waals surface area contributed by atoms with Gasteiger partial charge in [0.05, 0.1) is 6.42 Å². The fourth-order valence-corrected chi connectivity index (χ4v) is 2.51. The second-order valence-electron chi connectivity index (χ2n) is 4.49. The van der Waals surface area contributed by atoms with Gasteiger partial charge >= 0.3 is 0 Å². The minimum absolute atomic E-state index is 0.0527. The van der Waals surface area contributed by atoms with Gasteiger partial charge in [0.2, 0.25) is 5.91 Å². The van der Waals surface area contributed by atoms with Gasteiger partial charge in [-0.25, -0.2) is 0 Å². The summed E-state index contributed by atoms with van der Waals surface area (Å²) < 4.78 is 0.951. The largest absolute Gasteiger partial charge is 0.399 e. The molecule has 0 spiro atoms. The number of hydrogen-bond acceptors (Lipinski definition) is 2. The number of benzene rings is 2. The number of aryl methyl sites for hydroxylation is 1. The van der Waals surface area contributed by atoms with Gasteiger partial charge in [0.25, 0.3) is 0 Å². The first-order chi connectivity index (χ1) is 9.02. The second-order valence-corrected chi connectivity index (χ2v) is 5.40. The van der Waals surface area contributed by atoms with Crippen molar-refractivity contribution in [3.63, 3.8) is 0 Å². The molecule has 0 aliphatic heterocycles. The third-order valence-electron chi connectivity index (χ3n) is 2.64.